The molecule has 2 unspecified atom stereocenters. The van der Waals surface area contributed by atoms with Crippen LogP contribution in [0.2, 0.25) is 0 Å². The van der Waals surface area contributed by atoms with Crippen molar-refractivity contribution in [2.75, 3.05) is 27.2 Å². The highest BCUT2D eigenvalue weighted by Crippen LogP contribution is 2.30. The number of nitrogens with one attached hydrogen (secondary N) is 1. The number of benzene rings is 1. The van der Waals surface area contributed by atoms with Gasteiger partial charge >= 0.3 is 0 Å². The van der Waals surface area contributed by atoms with E-state index in [2.05, 4.69) is 17.1 Å². The van der Waals surface area contributed by atoms with E-state index in [1.807, 2.05) is 13.1 Å². The molecule has 1 aliphatic rings. The van der Waals surface area contributed by atoms with Crippen molar-refractivity contribution < 1.29 is 9.13 Å². The van der Waals surface area contributed by atoms with Gasteiger partial charge in [-0.1, -0.05) is 12.5 Å². The van der Waals surface area contributed by atoms with Crippen LogP contribution < -0.4 is 10.1 Å². The molecule has 1 heterocycles. The number of nitrogens with zero attached hydrogens (tertiary/aromatic N) is 1. The van der Waals surface area contributed by atoms with Crippen molar-refractivity contribution in [2.24, 2.45) is 0 Å². The number of hydrogen-bond acceptors (Lipinski definition) is 3. The monoisotopic (exact) mass is 294 g/mol. The first-order valence-corrected chi connectivity index (χ1v) is 7.91. The van der Waals surface area contributed by atoms with Crippen molar-refractivity contribution in [3.8, 4) is 5.75 Å². The van der Waals surface area contributed by atoms with Crippen LogP contribution in [0, 0.1) is 5.82 Å². The van der Waals surface area contributed by atoms with Crippen molar-refractivity contribution in [1.29, 1.82) is 0 Å². The van der Waals surface area contributed by atoms with E-state index in [0.717, 1.165) is 19.5 Å². The second kappa shape index (κ2) is 7.76. The van der Waals surface area contributed by atoms with Gasteiger partial charge in [-0.05, 0) is 51.9 Å². The lowest BCUT2D eigenvalue weighted by molar-refractivity contribution is 0.153. The molecular weight excluding hydrogens is 267 g/mol. The van der Waals surface area contributed by atoms with Gasteiger partial charge in [-0.3, -0.25) is 0 Å². The Kier molecular flexibility index (Phi) is 6.00. The van der Waals surface area contributed by atoms with Gasteiger partial charge in [0, 0.05) is 24.2 Å². The van der Waals surface area contributed by atoms with Crippen LogP contribution in [0.1, 0.15) is 44.2 Å². The Balaban J connectivity index is 2.06. The Bertz CT molecular complexity index is 452. The summed E-state index contributed by atoms with van der Waals surface area (Å²) in [5.41, 5.74) is 0.646. The normalized spacial score (nSPS) is 21.2. The molecule has 0 radical (unpaired) electrons. The maximum Gasteiger partial charge on any atom is 0.131 e. The van der Waals surface area contributed by atoms with Gasteiger partial charge in [-0.2, -0.15) is 0 Å². The summed E-state index contributed by atoms with van der Waals surface area (Å²) >= 11 is 0. The lowest BCUT2D eigenvalue weighted by atomic mass is 9.99. The fraction of sp³-hybridized carbons (Fsp3) is 0.647. The summed E-state index contributed by atoms with van der Waals surface area (Å²) in [6.07, 6.45) is 4.76. The van der Waals surface area contributed by atoms with Crippen LogP contribution in [0.5, 0.6) is 5.75 Å². The number of methoxy groups -OCH3 is 1. The van der Waals surface area contributed by atoms with Gasteiger partial charge in [0.25, 0.3) is 0 Å². The molecule has 0 aliphatic carbocycles. The molecule has 1 aromatic rings. The third-order valence-electron chi connectivity index (χ3n) is 4.58. The summed E-state index contributed by atoms with van der Waals surface area (Å²) in [6.45, 7) is 4.44. The van der Waals surface area contributed by atoms with Crippen LogP contribution in [0.25, 0.3) is 0 Å². The quantitative estimate of drug-likeness (QED) is 0.870. The zero-order chi connectivity index (χ0) is 15.2. The molecule has 0 aromatic heterocycles. The molecule has 1 N–H and O–H groups in total. The van der Waals surface area contributed by atoms with Crippen LogP contribution >= 0.6 is 0 Å². The van der Waals surface area contributed by atoms with E-state index >= 15 is 0 Å². The molecule has 3 nitrogen and oxygen atoms in total. The van der Waals surface area contributed by atoms with Gasteiger partial charge in [-0.25, -0.2) is 4.39 Å². The summed E-state index contributed by atoms with van der Waals surface area (Å²) in [5.74, 6) is 0.432. The first kappa shape index (κ1) is 16.2. The summed E-state index contributed by atoms with van der Waals surface area (Å²) in [7, 11) is 3.48. The Morgan fingerprint density at radius 1 is 1.43 bits per heavy atom. The third kappa shape index (κ3) is 3.95. The number of ether oxygens (including phenoxy) is 1. The summed E-state index contributed by atoms with van der Waals surface area (Å²) in [6, 6.07) is 5.64. The standard InChI is InChI=1S/C17H27FN2O/c1-13-7-4-5-11-20(13)12-10-15(19-2)17-14(18)8-6-9-16(17)21-3/h6,8-9,13,15,19H,4-5,7,10-12H2,1-3H3. The number of likely N-dealkylation sites (tertiary alicyclic amines) is 1. The van der Waals surface area contributed by atoms with Gasteiger partial charge in [0.2, 0.25) is 0 Å². The molecule has 0 saturated carbocycles. The minimum Gasteiger partial charge on any atom is -0.496 e. The van der Waals surface area contributed by atoms with E-state index in [0.29, 0.717) is 17.4 Å². The fourth-order valence-electron chi connectivity index (χ4n) is 3.25. The van der Waals surface area contributed by atoms with E-state index in [4.69, 9.17) is 4.74 Å². The highest BCUT2D eigenvalue weighted by atomic mass is 19.1. The molecule has 1 aliphatic heterocycles. The smallest absolute Gasteiger partial charge is 0.131 e. The van der Waals surface area contributed by atoms with Crippen LogP contribution in [0.15, 0.2) is 18.2 Å². The molecule has 1 saturated heterocycles. The van der Waals surface area contributed by atoms with E-state index < -0.39 is 0 Å². The number of piperidine rings is 1. The zero-order valence-electron chi connectivity index (χ0n) is 13.4. The largest absolute Gasteiger partial charge is 0.496 e. The van der Waals surface area contributed by atoms with E-state index in [9.17, 15) is 4.39 Å². The van der Waals surface area contributed by atoms with Gasteiger partial charge in [0.15, 0.2) is 0 Å². The van der Waals surface area contributed by atoms with Crippen molar-refractivity contribution in [1.82, 2.24) is 10.2 Å². The lowest BCUT2D eigenvalue weighted by Crippen LogP contribution is -2.39. The first-order valence-electron chi connectivity index (χ1n) is 7.91. The van der Waals surface area contributed by atoms with E-state index in [1.165, 1.54) is 25.3 Å². The van der Waals surface area contributed by atoms with E-state index in [1.54, 1.807) is 13.2 Å². The molecule has 4 heteroatoms. The topological polar surface area (TPSA) is 24.5 Å². The summed E-state index contributed by atoms with van der Waals surface area (Å²) < 4.78 is 19.5. The molecule has 1 fully saturated rings. The van der Waals surface area contributed by atoms with Crippen molar-refractivity contribution in [3.05, 3.63) is 29.6 Å². The highest BCUT2D eigenvalue weighted by molar-refractivity contribution is 5.37. The first-order chi connectivity index (χ1) is 10.2. The molecular formula is C17H27FN2O. The van der Waals surface area contributed by atoms with Crippen LogP contribution in [-0.2, 0) is 0 Å². The molecule has 1 aromatic carbocycles. The molecule has 2 rings (SSSR count). The van der Waals surface area contributed by atoms with Crippen molar-refractivity contribution >= 4 is 0 Å². The van der Waals surface area contributed by atoms with Crippen molar-refractivity contribution in [2.45, 2.75) is 44.7 Å². The highest BCUT2D eigenvalue weighted by Gasteiger charge is 2.22. The summed E-state index contributed by atoms with van der Waals surface area (Å²) in [4.78, 5) is 2.52. The second-order valence-electron chi connectivity index (χ2n) is 5.87. The Hall–Kier alpha value is -1.13. The molecule has 0 amide bonds. The Morgan fingerprint density at radius 3 is 2.90 bits per heavy atom. The fourth-order valence-corrected chi connectivity index (χ4v) is 3.25. The lowest BCUT2D eigenvalue weighted by Gasteiger charge is -2.34. The molecule has 0 spiro atoms. The SMILES string of the molecule is CNC(CCN1CCCCC1C)c1c(F)cccc1OC. The molecule has 0 bridgehead atoms. The number of rotatable bonds is 6. The van der Waals surface area contributed by atoms with Crippen LogP contribution in [-0.4, -0.2) is 38.2 Å². The average molecular weight is 294 g/mol. The molecule has 118 valence electrons. The molecule has 2 atom stereocenters. The number of hydrogen-bond donors (Lipinski definition) is 1. The van der Waals surface area contributed by atoms with Crippen molar-refractivity contribution in [3.63, 3.8) is 0 Å². The molecule has 21 heavy (non-hydrogen) atoms. The van der Waals surface area contributed by atoms with E-state index in [-0.39, 0.29) is 11.9 Å². The van der Waals surface area contributed by atoms with Gasteiger partial charge in [0.05, 0.1) is 7.11 Å². The van der Waals surface area contributed by atoms with Crippen LogP contribution in [0.3, 0.4) is 0 Å². The van der Waals surface area contributed by atoms with Gasteiger partial charge in [0.1, 0.15) is 11.6 Å². The van der Waals surface area contributed by atoms with Gasteiger partial charge < -0.3 is 15.0 Å². The minimum absolute atomic E-state index is 0.0183. The average Bonchev–Trinajstić information content (AvgIpc) is 2.50. The van der Waals surface area contributed by atoms with Crippen LogP contribution in [0.4, 0.5) is 4.39 Å². The number of halogens is 1. The Labute approximate surface area is 127 Å². The Morgan fingerprint density at radius 2 is 2.24 bits per heavy atom. The maximum absolute atomic E-state index is 14.2. The predicted molar refractivity (Wildman–Crippen MR) is 84.3 cm³/mol. The predicted octanol–water partition coefficient (Wildman–Crippen LogP) is 3.36. The zero-order valence-corrected chi connectivity index (χ0v) is 13.4. The summed E-state index contributed by atoms with van der Waals surface area (Å²) in [5, 5.41) is 3.24. The third-order valence-corrected chi connectivity index (χ3v) is 4.58. The second-order valence-corrected chi connectivity index (χ2v) is 5.87. The van der Waals surface area contributed by atoms with Gasteiger partial charge in [-0.15, -0.1) is 0 Å². The maximum atomic E-state index is 14.2. The minimum atomic E-state index is -0.194.